The van der Waals surface area contributed by atoms with Crippen molar-refractivity contribution in [1.29, 1.82) is 0 Å². The molecule has 16 heavy (non-hydrogen) atoms. The van der Waals surface area contributed by atoms with Crippen molar-refractivity contribution < 1.29 is 19.4 Å². The van der Waals surface area contributed by atoms with Gasteiger partial charge in [0.2, 0.25) is 5.91 Å². The number of rotatable bonds is 4. The number of ether oxygens (including phenoxy) is 1. The molecule has 0 heterocycles. The lowest BCUT2D eigenvalue weighted by atomic mass is 10.3. The molecule has 2 N–H and O–H groups in total. The highest BCUT2D eigenvalue weighted by Crippen LogP contribution is 2.18. The van der Waals surface area contributed by atoms with Gasteiger partial charge < -0.3 is 15.2 Å². The maximum Gasteiger partial charge on any atom is 0.344 e. The number of benzene rings is 1. The largest absolute Gasteiger partial charge is 0.479 e. The van der Waals surface area contributed by atoms with Gasteiger partial charge >= 0.3 is 5.97 Å². The summed E-state index contributed by atoms with van der Waals surface area (Å²) in [7, 11) is 0. The zero-order valence-corrected chi connectivity index (χ0v) is 9.06. The molecule has 1 rings (SSSR count). The van der Waals surface area contributed by atoms with E-state index in [-0.39, 0.29) is 5.91 Å². The zero-order valence-electron chi connectivity index (χ0n) is 9.06. The average Bonchev–Trinajstić information content (AvgIpc) is 2.16. The van der Waals surface area contributed by atoms with E-state index in [1.54, 1.807) is 24.3 Å². The lowest BCUT2D eigenvalue weighted by Crippen LogP contribution is -2.22. The molecule has 0 saturated carbocycles. The number of amides is 1. The van der Waals surface area contributed by atoms with Crippen molar-refractivity contribution in [2.45, 2.75) is 20.0 Å². The van der Waals surface area contributed by atoms with Gasteiger partial charge in [-0.3, -0.25) is 4.79 Å². The van der Waals surface area contributed by atoms with Gasteiger partial charge in [0, 0.05) is 18.7 Å². The Kier molecular flexibility index (Phi) is 3.88. The fourth-order valence-corrected chi connectivity index (χ4v) is 1.10. The third-order valence-electron chi connectivity index (χ3n) is 1.82. The van der Waals surface area contributed by atoms with Gasteiger partial charge in [-0.05, 0) is 19.1 Å². The van der Waals surface area contributed by atoms with Crippen LogP contribution in [0.4, 0.5) is 5.69 Å². The van der Waals surface area contributed by atoms with Crippen LogP contribution in [0.2, 0.25) is 0 Å². The Labute approximate surface area is 93.0 Å². The van der Waals surface area contributed by atoms with Gasteiger partial charge in [-0.15, -0.1) is 0 Å². The summed E-state index contributed by atoms with van der Waals surface area (Å²) in [5.74, 6) is -0.825. The smallest absolute Gasteiger partial charge is 0.344 e. The fourth-order valence-electron chi connectivity index (χ4n) is 1.10. The van der Waals surface area contributed by atoms with E-state index >= 15 is 0 Å². The Morgan fingerprint density at radius 1 is 1.44 bits per heavy atom. The minimum absolute atomic E-state index is 0.191. The molecule has 0 spiro atoms. The van der Waals surface area contributed by atoms with Crippen molar-refractivity contribution in [2.24, 2.45) is 0 Å². The van der Waals surface area contributed by atoms with Gasteiger partial charge in [0.1, 0.15) is 5.75 Å². The topological polar surface area (TPSA) is 75.6 Å². The van der Waals surface area contributed by atoms with Crippen LogP contribution in [0.15, 0.2) is 24.3 Å². The van der Waals surface area contributed by atoms with Gasteiger partial charge in [-0.1, -0.05) is 6.07 Å². The third-order valence-corrected chi connectivity index (χ3v) is 1.82. The monoisotopic (exact) mass is 223 g/mol. The number of hydrogen-bond acceptors (Lipinski definition) is 3. The van der Waals surface area contributed by atoms with Gasteiger partial charge in [-0.2, -0.15) is 0 Å². The summed E-state index contributed by atoms with van der Waals surface area (Å²) >= 11 is 0. The van der Waals surface area contributed by atoms with E-state index in [4.69, 9.17) is 9.84 Å². The molecule has 1 amide bonds. The molecule has 1 aromatic carbocycles. The summed E-state index contributed by atoms with van der Waals surface area (Å²) in [6.45, 7) is 2.83. The molecule has 1 unspecified atom stereocenters. The molecule has 1 aromatic rings. The molecule has 0 fully saturated rings. The second-order valence-electron chi connectivity index (χ2n) is 3.31. The lowest BCUT2D eigenvalue weighted by molar-refractivity contribution is -0.144. The van der Waals surface area contributed by atoms with Crippen LogP contribution in [-0.4, -0.2) is 23.1 Å². The quantitative estimate of drug-likeness (QED) is 0.811. The van der Waals surface area contributed by atoms with E-state index in [1.165, 1.54) is 13.8 Å². The van der Waals surface area contributed by atoms with E-state index in [1.807, 2.05) is 0 Å². The molecule has 0 radical (unpaired) electrons. The molecule has 5 nitrogen and oxygen atoms in total. The van der Waals surface area contributed by atoms with Crippen molar-refractivity contribution in [1.82, 2.24) is 0 Å². The molecule has 86 valence electrons. The second-order valence-corrected chi connectivity index (χ2v) is 3.31. The number of nitrogens with one attached hydrogen (secondary N) is 1. The first kappa shape index (κ1) is 12.0. The van der Waals surface area contributed by atoms with Crippen LogP contribution in [0.5, 0.6) is 5.75 Å². The number of carbonyl (C=O) groups excluding carboxylic acids is 1. The summed E-state index contributed by atoms with van der Waals surface area (Å²) < 4.78 is 5.15. The van der Waals surface area contributed by atoms with E-state index in [9.17, 15) is 9.59 Å². The number of aliphatic carboxylic acids is 1. The Morgan fingerprint density at radius 2 is 2.12 bits per heavy atom. The number of anilines is 1. The van der Waals surface area contributed by atoms with Crippen LogP contribution in [0.1, 0.15) is 13.8 Å². The van der Waals surface area contributed by atoms with Crippen molar-refractivity contribution in [3.63, 3.8) is 0 Å². The minimum Gasteiger partial charge on any atom is -0.479 e. The van der Waals surface area contributed by atoms with E-state index < -0.39 is 12.1 Å². The molecule has 0 aromatic heterocycles. The Balaban J connectivity index is 2.74. The summed E-state index contributed by atoms with van der Waals surface area (Å²) in [5, 5.41) is 11.2. The summed E-state index contributed by atoms with van der Waals surface area (Å²) in [6, 6.07) is 6.57. The highest BCUT2D eigenvalue weighted by atomic mass is 16.5. The highest BCUT2D eigenvalue weighted by Gasteiger charge is 2.12. The van der Waals surface area contributed by atoms with Gasteiger partial charge in [0.05, 0.1) is 0 Å². The molecule has 0 saturated heterocycles. The predicted octanol–water partition coefficient (Wildman–Crippen LogP) is 1.50. The fraction of sp³-hybridized carbons (Fsp3) is 0.273. The maximum atomic E-state index is 10.8. The Morgan fingerprint density at radius 3 is 2.69 bits per heavy atom. The van der Waals surface area contributed by atoms with Crippen LogP contribution < -0.4 is 10.1 Å². The molecule has 0 bridgehead atoms. The molecule has 1 atom stereocenters. The number of hydrogen-bond donors (Lipinski definition) is 2. The Hall–Kier alpha value is -2.04. The first-order valence-electron chi connectivity index (χ1n) is 4.76. The van der Waals surface area contributed by atoms with E-state index in [0.29, 0.717) is 11.4 Å². The number of carboxylic acid groups (broad SMARTS) is 1. The zero-order chi connectivity index (χ0) is 12.1. The van der Waals surface area contributed by atoms with Crippen molar-refractivity contribution >= 4 is 17.6 Å². The van der Waals surface area contributed by atoms with Crippen molar-refractivity contribution in [3.8, 4) is 5.75 Å². The predicted molar refractivity (Wildman–Crippen MR) is 58.5 cm³/mol. The van der Waals surface area contributed by atoms with Gasteiger partial charge in [0.15, 0.2) is 6.10 Å². The maximum absolute atomic E-state index is 10.8. The van der Waals surface area contributed by atoms with Crippen molar-refractivity contribution in [3.05, 3.63) is 24.3 Å². The van der Waals surface area contributed by atoms with Crippen molar-refractivity contribution in [2.75, 3.05) is 5.32 Å². The molecule has 0 aliphatic carbocycles. The van der Waals surface area contributed by atoms with Crippen LogP contribution in [-0.2, 0) is 9.59 Å². The standard InChI is InChI=1S/C11H13NO4/c1-7(11(14)15)16-10-5-3-4-9(6-10)12-8(2)13/h3-7H,1-2H3,(H,12,13)(H,14,15). The van der Waals surface area contributed by atoms with Gasteiger partial charge in [0.25, 0.3) is 0 Å². The van der Waals surface area contributed by atoms with Gasteiger partial charge in [-0.25, -0.2) is 4.79 Å². The molecular formula is C11H13NO4. The lowest BCUT2D eigenvalue weighted by Gasteiger charge is -2.11. The molecular weight excluding hydrogens is 210 g/mol. The van der Waals surface area contributed by atoms with E-state index in [0.717, 1.165) is 0 Å². The summed E-state index contributed by atoms with van der Waals surface area (Å²) in [4.78, 5) is 21.4. The highest BCUT2D eigenvalue weighted by molar-refractivity contribution is 5.88. The minimum atomic E-state index is -1.04. The summed E-state index contributed by atoms with van der Waals surface area (Å²) in [5.41, 5.74) is 0.572. The first-order valence-corrected chi connectivity index (χ1v) is 4.76. The third kappa shape index (κ3) is 3.61. The Bertz CT molecular complexity index is 403. The van der Waals surface area contributed by atoms with E-state index in [2.05, 4.69) is 5.32 Å². The first-order chi connectivity index (χ1) is 7.49. The SMILES string of the molecule is CC(=O)Nc1cccc(OC(C)C(=O)O)c1. The number of carbonyl (C=O) groups is 2. The van der Waals surface area contributed by atoms with Crippen LogP contribution >= 0.6 is 0 Å². The van der Waals surface area contributed by atoms with Crippen LogP contribution in [0, 0.1) is 0 Å². The number of carboxylic acids is 1. The molecule has 0 aliphatic heterocycles. The normalized spacial score (nSPS) is 11.6. The molecule has 0 aliphatic rings. The average molecular weight is 223 g/mol. The van der Waals surface area contributed by atoms with Crippen LogP contribution in [0.3, 0.4) is 0 Å². The molecule has 5 heteroatoms. The summed E-state index contributed by atoms with van der Waals surface area (Å²) in [6.07, 6.45) is -0.924. The second kappa shape index (κ2) is 5.16. The van der Waals surface area contributed by atoms with Crippen LogP contribution in [0.25, 0.3) is 0 Å².